The van der Waals surface area contributed by atoms with Crippen molar-refractivity contribution in [3.05, 3.63) is 28.8 Å². The molecular weight excluding hydrogens is 212 g/mol. The van der Waals surface area contributed by atoms with Gasteiger partial charge in [0.25, 0.3) is 0 Å². The van der Waals surface area contributed by atoms with Gasteiger partial charge in [0.05, 0.1) is 0 Å². The average Bonchev–Trinajstić information content (AvgIpc) is 2.54. The molecule has 0 heterocycles. The molecule has 92 valence electrons. The molecule has 1 aliphatic carbocycles. The van der Waals surface area contributed by atoms with Gasteiger partial charge in [-0.1, -0.05) is 19.4 Å². The van der Waals surface area contributed by atoms with Gasteiger partial charge in [0.2, 0.25) is 0 Å². The number of phenolic OH excluding ortho intramolecular Hbond substituents is 1. The van der Waals surface area contributed by atoms with E-state index in [2.05, 4.69) is 0 Å². The number of carbonyl (C=O) groups is 1. The molecular formula is C15H20O2. The molecule has 2 rings (SSSR count). The van der Waals surface area contributed by atoms with E-state index in [1.807, 2.05) is 13.0 Å². The van der Waals surface area contributed by atoms with E-state index in [1.165, 1.54) is 30.4 Å². The first-order chi connectivity index (χ1) is 8.24. The highest BCUT2D eigenvalue weighted by Crippen LogP contribution is 2.35. The molecule has 0 amide bonds. The first-order valence-electron chi connectivity index (χ1n) is 6.51. The molecule has 1 N–H and O–H groups in total. The van der Waals surface area contributed by atoms with E-state index in [-0.39, 0.29) is 5.92 Å². The van der Waals surface area contributed by atoms with Crippen molar-refractivity contribution in [3.63, 3.8) is 0 Å². The van der Waals surface area contributed by atoms with Crippen molar-refractivity contribution in [2.45, 2.75) is 51.4 Å². The number of aryl methyl sites for hydroxylation is 1. The number of carbonyl (C=O) groups excluding carboxylic acids is 1. The zero-order chi connectivity index (χ0) is 12.3. The zero-order valence-corrected chi connectivity index (χ0v) is 10.4. The van der Waals surface area contributed by atoms with Crippen LogP contribution in [-0.2, 0) is 17.6 Å². The lowest BCUT2D eigenvalue weighted by Crippen LogP contribution is -2.03. The summed E-state index contributed by atoms with van der Waals surface area (Å²) in [6.45, 7) is 2.02. The first-order valence-corrected chi connectivity index (χ1v) is 6.51. The third-order valence-corrected chi connectivity index (χ3v) is 3.75. The van der Waals surface area contributed by atoms with E-state index >= 15 is 0 Å². The molecule has 0 aliphatic heterocycles. The summed E-state index contributed by atoms with van der Waals surface area (Å²) in [5, 5.41) is 10.0. The number of phenols is 1. The maximum absolute atomic E-state index is 10.7. The largest absolute Gasteiger partial charge is 0.508 e. The van der Waals surface area contributed by atoms with Crippen LogP contribution in [0.1, 0.15) is 55.2 Å². The minimum absolute atomic E-state index is 0.126. The molecule has 17 heavy (non-hydrogen) atoms. The average molecular weight is 232 g/mol. The molecule has 0 spiro atoms. The third-order valence-electron chi connectivity index (χ3n) is 3.75. The predicted molar refractivity (Wildman–Crippen MR) is 68.5 cm³/mol. The molecule has 1 aliphatic rings. The van der Waals surface area contributed by atoms with Crippen LogP contribution in [0.15, 0.2) is 12.1 Å². The number of benzene rings is 1. The van der Waals surface area contributed by atoms with Crippen molar-refractivity contribution in [1.82, 2.24) is 0 Å². The Balaban J connectivity index is 2.44. The van der Waals surface area contributed by atoms with Crippen LogP contribution in [0.2, 0.25) is 0 Å². The summed E-state index contributed by atoms with van der Waals surface area (Å²) in [6, 6.07) is 3.84. The summed E-state index contributed by atoms with van der Waals surface area (Å²) >= 11 is 0. The van der Waals surface area contributed by atoms with Gasteiger partial charge < -0.3 is 9.90 Å². The summed E-state index contributed by atoms with van der Waals surface area (Å²) in [7, 11) is 0. The van der Waals surface area contributed by atoms with Gasteiger partial charge in [0, 0.05) is 12.0 Å². The molecule has 0 radical (unpaired) electrons. The number of hydrogen-bond donors (Lipinski definition) is 1. The third kappa shape index (κ3) is 2.51. The maximum atomic E-state index is 10.7. The molecule has 1 atom stereocenters. The van der Waals surface area contributed by atoms with Gasteiger partial charge in [-0.15, -0.1) is 0 Å². The van der Waals surface area contributed by atoms with Crippen LogP contribution in [0.5, 0.6) is 5.75 Å². The lowest BCUT2D eigenvalue weighted by Gasteiger charge is -2.18. The van der Waals surface area contributed by atoms with Gasteiger partial charge in [0.1, 0.15) is 12.0 Å². The minimum Gasteiger partial charge on any atom is -0.508 e. The second kappa shape index (κ2) is 5.35. The zero-order valence-electron chi connectivity index (χ0n) is 10.4. The molecule has 0 saturated heterocycles. The van der Waals surface area contributed by atoms with Crippen LogP contribution >= 0.6 is 0 Å². The Bertz CT molecular complexity index is 410. The fourth-order valence-corrected chi connectivity index (χ4v) is 2.83. The summed E-state index contributed by atoms with van der Waals surface area (Å²) < 4.78 is 0. The quantitative estimate of drug-likeness (QED) is 0.641. The van der Waals surface area contributed by atoms with E-state index in [0.717, 1.165) is 24.7 Å². The monoisotopic (exact) mass is 232 g/mol. The molecule has 0 fully saturated rings. The number of rotatable bonds is 3. The highest BCUT2D eigenvalue weighted by atomic mass is 16.3. The summed E-state index contributed by atoms with van der Waals surface area (Å²) in [6.07, 6.45) is 7.27. The van der Waals surface area contributed by atoms with Gasteiger partial charge in [-0.2, -0.15) is 0 Å². The summed E-state index contributed by atoms with van der Waals surface area (Å²) in [5.41, 5.74) is 3.68. The Morgan fingerprint density at radius 2 is 2.06 bits per heavy atom. The highest BCUT2D eigenvalue weighted by molar-refractivity contribution is 5.55. The highest BCUT2D eigenvalue weighted by Gasteiger charge is 2.19. The van der Waals surface area contributed by atoms with E-state index in [1.54, 1.807) is 6.07 Å². The first kappa shape index (κ1) is 12.2. The Labute approximate surface area is 103 Å². The molecule has 0 saturated carbocycles. The fourth-order valence-electron chi connectivity index (χ4n) is 2.83. The molecule has 1 unspecified atom stereocenters. The minimum atomic E-state index is 0.126. The number of fused-ring (bicyclic) bond motifs is 1. The fraction of sp³-hybridized carbons (Fsp3) is 0.533. The van der Waals surface area contributed by atoms with Gasteiger partial charge in [-0.05, 0) is 48.8 Å². The standard InChI is InChI=1S/C15H20O2/c1-11(9-10-16)15-13-6-4-2-3-5-12(13)7-8-14(15)17/h7-8,10-11,17H,2-6,9H2,1H3. The topological polar surface area (TPSA) is 37.3 Å². The van der Waals surface area contributed by atoms with Gasteiger partial charge >= 0.3 is 0 Å². The van der Waals surface area contributed by atoms with Crippen LogP contribution in [0, 0.1) is 0 Å². The second-order valence-corrected chi connectivity index (χ2v) is 5.00. The van der Waals surface area contributed by atoms with Crippen LogP contribution in [0.25, 0.3) is 0 Å². The molecule has 0 bridgehead atoms. The van der Waals surface area contributed by atoms with Gasteiger partial charge in [0.15, 0.2) is 0 Å². The molecule has 0 aromatic heterocycles. The molecule has 2 heteroatoms. The molecule has 1 aromatic carbocycles. The van der Waals surface area contributed by atoms with E-state index in [4.69, 9.17) is 0 Å². The molecule has 1 aromatic rings. The maximum Gasteiger partial charge on any atom is 0.120 e. The Morgan fingerprint density at radius 1 is 1.29 bits per heavy atom. The van der Waals surface area contributed by atoms with Gasteiger partial charge in [-0.3, -0.25) is 0 Å². The smallest absolute Gasteiger partial charge is 0.120 e. The lowest BCUT2D eigenvalue weighted by molar-refractivity contribution is -0.108. The van der Waals surface area contributed by atoms with Crippen LogP contribution in [-0.4, -0.2) is 11.4 Å². The van der Waals surface area contributed by atoms with E-state index < -0.39 is 0 Å². The van der Waals surface area contributed by atoms with Crippen molar-refractivity contribution in [2.24, 2.45) is 0 Å². The summed E-state index contributed by atoms with van der Waals surface area (Å²) in [5.74, 6) is 0.487. The molecule has 2 nitrogen and oxygen atoms in total. The van der Waals surface area contributed by atoms with Crippen LogP contribution in [0.4, 0.5) is 0 Å². The number of aromatic hydroxyl groups is 1. The summed E-state index contributed by atoms with van der Waals surface area (Å²) in [4.78, 5) is 10.7. The van der Waals surface area contributed by atoms with Crippen molar-refractivity contribution in [1.29, 1.82) is 0 Å². The van der Waals surface area contributed by atoms with Crippen molar-refractivity contribution in [3.8, 4) is 5.75 Å². The van der Waals surface area contributed by atoms with Crippen molar-refractivity contribution < 1.29 is 9.90 Å². The SMILES string of the molecule is CC(CC=O)c1c(O)ccc2c1CCCCC2. The second-order valence-electron chi connectivity index (χ2n) is 5.00. The Kier molecular flexibility index (Phi) is 3.82. The predicted octanol–water partition coefficient (Wildman–Crippen LogP) is 3.35. The Morgan fingerprint density at radius 3 is 2.82 bits per heavy atom. The van der Waals surface area contributed by atoms with Gasteiger partial charge in [-0.25, -0.2) is 0 Å². The number of aldehydes is 1. The Hall–Kier alpha value is -1.31. The lowest BCUT2D eigenvalue weighted by atomic mass is 9.87. The van der Waals surface area contributed by atoms with Crippen LogP contribution < -0.4 is 0 Å². The van der Waals surface area contributed by atoms with Crippen molar-refractivity contribution in [2.75, 3.05) is 0 Å². The van der Waals surface area contributed by atoms with E-state index in [0.29, 0.717) is 12.2 Å². The normalized spacial score (nSPS) is 17.0. The van der Waals surface area contributed by atoms with Crippen LogP contribution in [0.3, 0.4) is 0 Å². The van der Waals surface area contributed by atoms with E-state index in [9.17, 15) is 9.90 Å². The number of hydrogen-bond acceptors (Lipinski definition) is 2. The van der Waals surface area contributed by atoms with Crippen molar-refractivity contribution >= 4 is 6.29 Å².